The number of fused-ring (bicyclic) bond motifs is 1. The minimum atomic E-state index is -0.256. The highest BCUT2D eigenvalue weighted by Gasteiger charge is 2.28. The molecule has 1 aromatic carbocycles. The van der Waals surface area contributed by atoms with Crippen molar-refractivity contribution in [2.45, 2.75) is 70.9 Å². The van der Waals surface area contributed by atoms with Gasteiger partial charge in [-0.15, -0.1) is 0 Å². The van der Waals surface area contributed by atoms with Crippen LogP contribution in [0.1, 0.15) is 82.7 Å². The Morgan fingerprint density at radius 3 is 2.52 bits per heavy atom. The molecule has 0 unspecified atom stereocenters. The number of aryl methyl sites for hydroxylation is 1. The molecule has 0 aliphatic heterocycles. The Labute approximate surface area is 172 Å². The minimum absolute atomic E-state index is 0.0872. The summed E-state index contributed by atoms with van der Waals surface area (Å²) in [6, 6.07) is 9.03. The second-order valence-corrected chi connectivity index (χ2v) is 8.38. The molecule has 2 aliphatic carbocycles. The summed E-state index contributed by atoms with van der Waals surface area (Å²) in [4.78, 5) is 27.1. The van der Waals surface area contributed by atoms with Gasteiger partial charge in [-0.25, -0.2) is 0 Å². The number of carbonyl (C=O) groups excluding carboxylic acids is 2. The van der Waals surface area contributed by atoms with Crippen LogP contribution < -0.4 is 10.2 Å². The molecule has 29 heavy (non-hydrogen) atoms. The van der Waals surface area contributed by atoms with Gasteiger partial charge in [-0.1, -0.05) is 31.4 Å². The zero-order valence-corrected chi connectivity index (χ0v) is 17.4. The molecule has 5 heteroatoms. The second kappa shape index (κ2) is 8.44. The number of nitrogens with zero attached hydrogens (tertiary/aromatic N) is 1. The Morgan fingerprint density at radius 2 is 1.83 bits per heavy atom. The highest BCUT2D eigenvalue weighted by Crippen LogP contribution is 2.29. The first-order valence-electron chi connectivity index (χ1n) is 10.8. The van der Waals surface area contributed by atoms with Crippen molar-refractivity contribution in [2.75, 3.05) is 11.9 Å². The molecule has 0 spiro atoms. The van der Waals surface area contributed by atoms with Crippen LogP contribution in [0.2, 0.25) is 0 Å². The molecule has 4 rings (SSSR count). The van der Waals surface area contributed by atoms with E-state index in [4.69, 9.17) is 4.42 Å². The largest absolute Gasteiger partial charge is 0.455 e. The standard InChI is InChI=1S/C24H30N2O3/c1-16-22-20(27)9-6-10-21(22)29-23(16)24(28)25-15-17-11-13-19(14-12-17)26(2)18-7-4-3-5-8-18/h11-14,18H,3-10,15H2,1-2H3,(H,25,28). The molecule has 1 saturated carbocycles. The van der Waals surface area contributed by atoms with Crippen LogP contribution in [0.25, 0.3) is 0 Å². The van der Waals surface area contributed by atoms with Crippen molar-refractivity contribution in [1.82, 2.24) is 5.32 Å². The van der Waals surface area contributed by atoms with Gasteiger partial charge < -0.3 is 14.6 Å². The van der Waals surface area contributed by atoms with Gasteiger partial charge in [0.2, 0.25) is 0 Å². The average Bonchev–Trinajstić information content (AvgIpc) is 3.10. The van der Waals surface area contributed by atoms with Crippen molar-refractivity contribution in [3.8, 4) is 0 Å². The molecular weight excluding hydrogens is 364 g/mol. The molecule has 1 fully saturated rings. The lowest BCUT2D eigenvalue weighted by Gasteiger charge is -2.33. The van der Waals surface area contributed by atoms with Crippen LogP contribution in [0, 0.1) is 6.92 Å². The Morgan fingerprint density at radius 1 is 1.10 bits per heavy atom. The summed E-state index contributed by atoms with van der Waals surface area (Å²) in [7, 11) is 2.18. The number of ketones is 1. The molecule has 1 aromatic heterocycles. The molecule has 2 aromatic rings. The number of hydrogen-bond acceptors (Lipinski definition) is 4. The number of carbonyl (C=O) groups is 2. The highest BCUT2D eigenvalue weighted by molar-refractivity contribution is 6.03. The zero-order chi connectivity index (χ0) is 20.4. The van der Waals surface area contributed by atoms with Crippen molar-refractivity contribution in [3.63, 3.8) is 0 Å². The third-order valence-corrected chi connectivity index (χ3v) is 6.43. The van der Waals surface area contributed by atoms with Gasteiger partial charge in [0.25, 0.3) is 5.91 Å². The van der Waals surface area contributed by atoms with Gasteiger partial charge in [0, 0.05) is 43.7 Å². The number of amides is 1. The van der Waals surface area contributed by atoms with E-state index in [2.05, 4.69) is 41.5 Å². The molecule has 1 amide bonds. The number of hydrogen-bond donors (Lipinski definition) is 1. The van der Waals surface area contributed by atoms with Gasteiger partial charge in [0.05, 0.1) is 5.56 Å². The average molecular weight is 395 g/mol. The lowest BCUT2D eigenvalue weighted by molar-refractivity contribution is 0.0917. The fourth-order valence-corrected chi connectivity index (χ4v) is 4.66. The zero-order valence-electron chi connectivity index (χ0n) is 17.4. The summed E-state index contributed by atoms with van der Waals surface area (Å²) in [6.07, 6.45) is 8.59. The first-order valence-corrected chi connectivity index (χ1v) is 10.8. The SMILES string of the molecule is Cc1c(C(=O)NCc2ccc(N(C)C3CCCCC3)cc2)oc2c1C(=O)CCC2. The third-order valence-electron chi connectivity index (χ3n) is 6.43. The Bertz CT molecular complexity index is 892. The summed E-state index contributed by atoms with van der Waals surface area (Å²) in [5.41, 5.74) is 3.56. The van der Waals surface area contributed by atoms with Crippen LogP contribution in [0.5, 0.6) is 0 Å². The Balaban J connectivity index is 1.38. The maximum absolute atomic E-state index is 12.6. The second-order valence-electron chi connectivity index (χ2n) is 8.38. The van der Waals surface area contributed by atoms with E-state index in [0.717, 1.165) is 18.4 Å². The molecule has 0 saturated heterocycles. The molecule has 0 atom stereocenters. The van der Waals surface area contributed by atoms with Crippen LogP contribution >= 0.6 is 0 Å². The van der Waals surface area contributed by atoms with Gasteiger partial charge in [0.15, 0.2) is 11.5 Å². The van der Waals surface area contributed by atoms with Crippen LogP contribution in [-0.2, 0) is 13.0 Å². The summed E-state index contributed by atoms with van der Waals surface area (Å²) in [6.45, 7) is 2.24. The first-order chi connectivity index (χ1) is 14.0. The van der Waals surface area contributed by atoms with E-state index in [1.165, 1.54) is 37.8 Å². The predicted molar refractivity (Wildman–Crippen MR) is 114 cm³/mol. The molecule has 1 heterocycles. The maximum Gasteiger partial charge on any atom is 0.287 e. The molecule has 1 N–H and O–H groups in total. The van der Waals surface area contributed by atoms with E-state index in [1.807, 2.05) is 0 Å². The van der Waals surface area contributed by atoms with E-state index >= 15 is 0 Å². The first kappa shape index (κ1) is 19.7. The number of Topliss-reactive ketones (excluding diaryl/α,β-unsaturated/α-hetero) is 1. The lowest BCUT2D eigenvalue weighted by Crippen LogP contribution is -2.33. The van der Waals surface area contributed by atoms with Gasteiger partial charge in [-0.05, 0) is 43.9 Å². The number of furan rings is 1. The molecule has 5 nitrogen and oxygen atoms in total. The van der Waals surface area contributed by atoms with Crippen molar-refractivity contribution in [2.24, 2.45) is 0 Å². The van der Waals surface area contributed by atoms with E-state index in [9.17, 15) is 9.59 Å². The molecular formula is C24H30N2O3. The van der Waals surface area contributed by atoms with Gasteiger partial charge in [-0.2, -0.15) is 0 Å². The minimum Gasteiger partial charge on any atom is -0.455 e. The highest BCUT2D eigenvalue weighted by atomic mass is 16.4. The number of rotatable bonds is 5. The van der Waals surface area contributed by atoms with Crippen molar-refractivity contribution < 1.29 is 14.0 Å². The van der Waals surface area contributed by atoms with E-state index in [0.29, 0.717) is 35.9 Å². The number of anilines is 1. The fourth-order valence-electron chi connectivity index (χ4n) is 4.66. The molecule has 0 radical (unpaired) electrons. The topological polar surface area (TPSA) is 62.6 Å². The van der Waals surface area contributed by atoms with Crippen molar-refractivity contribution >= 4 is 17.4 Å². The summed E-state index contributed by atoms with van der Waals surface area (Å²) in [5.74, 6) is 0.773. The number of nitrogens with one attached hydrogen (secondary N) is 1. The Hall–Kier alpha value is -2.56. The van der Waals surface area contributed by atoms with E-state index in [1.54, 1.807) is 6.92 Å². The number of benzene rings is 1. The molecule has 0 bridgehead atoms. The van der Waals surface area contributed by atoms with Gasteiger partial charge in [-0.3, -0.25) is 9.59 Å². The van der Waals surface area contributed by atoms with Gasteiger partial charge >= 0.3 is 0 Å². The predicted octanol–water partition coefficient (Wildman–Crippen LogP) is 4.81. The summed E-state index contributed by atoms with van der Waals surface area (Å²) < 4.78 is 5.74. The van der Waals surface area contributed by atoms with E-state index in [-0.39, 0.29) is 17.5 Å². The fraction of sp³-hybridized carbons (Fsp3) is 0.500. The molecule has 2 aliphatic rings. The van der Waals surface area contributed by atoms with Crippen LogP contribution in [0.3, 0.4) is 0 Å². The summed E-state index contributed by atoms with van der Waals surface area (Å²) in [5, 5.41) is 2.93. The quantitative estimate of drug-likeness (QED) is 0.791. The third kappa shape index (κ3) is 4.09. The van der Waals surface area contributed by atoms with Crippen LogP contribution in [0.4, 0.5) is 5.69 Å². The van der Waals surface area contributed by atoms with Crippen molar-refractivity contribution in [3.05, 3.63) is 52.5 Å². The summed E-state index contributed by atoms with van der Waals surface area (Å²) >= 11 is 0. The van der Waals surface area contributed by atoms with Crippen LogP contribution in [-0.4, -0.2) is 24.8 Å². The molecule has 154 valence electrons. The maximum atomic E-state index is 12.6. The Kier molecular flexibility index (Phi) is 5.74. The van der Waals surface area contributed by atoms with E-state index < -0.39 is 0 Å². The smallest absolute Gasteiger partial charge is 0.287 e. The normalized spacial score (nSPS) is 17.1. The van der Waals surface area contributed by atoms with Crippen LogP contribution in [0.15, 0.2) is 28.7 Å². The monoisotopic (exact) mass is 394 g/mol. The van der Waals surface area contributed by atoms with Crippen molar-refractivity contribution in [1.29, 1.82) is 0 Å². The van der Waals surface area contributed by atoms with Gasteiger partial charge in [0.1, 0.15) is 5.76 Å². The lowest BCUT2D eigenvalue weighted by atomic mass is 9.94.